The zero-order valence-corrected chi connectivity index (χ0v) is 15.2. The molecule has 0 heterocycles. The molecule has 25 heavy (non-hydrogen) atoms. The first kappa shape index (κ1) is 18.8. The first-order valence-electron chi connectivity index (χ1n) is 8.76. The van der Waals surface area contributed by atoms with E-state index in [2.05, 4.69) is 36.5 Å². The monoisotopic (exact) mass is 341 g/mol. The predicted molar refractivity (Wildman–Crippen MR) is 100 cm³/mol. The number of nitrogens with one attached hydrogen (secondary N) is 1. The molecule has 0 fully saturated rings. The molecule has 0 aromatic heterocycles. The summed E-state index contributed by atoms with van der Waals surface area (Å²) < 4.78 is 11.0. The third-order valence-electron chi connectivity index (χ3n) is 4.04. The smallest absolute Gasteiger partial charge is 0.261 e. The maximum Gasteiger partial charge on any atom is 0.261 e. The van der Waals surface area contributed by atoms with E-state index in [9.17, 15) is 4.79 Å². The summed E-state index contributed by atoms with van der Waals surface area (Å²) in [6.45, 7) is 4.67. The second-order valence-electron chi connectivity index (χ2n) is 6.07. The molecule has 0 radical (unpaired) electrons. The van der Waals surface area contributed by atoms with Crippen LogP contribution in [0.2, 0.25) is 0 Å². The lowest BCUT2D eigenvalue weighted by atomic mass is 10.1. The molecular weight excluding hydrogens is 314 g/mol. The number of methoxy groups -OCH3 is 1. The zero-order chi connectivity index (χ0) is 18.1. The van der Waals surface area contributed by atoms with Crippen LogP contribution in [0.25, 0.3) is 0 Å². The normalized spacial score (nSPS) is 11.6. The Bertz CT molecular complexity index is 667. The molecule has 2 aromatic carbocycles. The Labute approximate surface area is 150 Å². The van der Waals surface area contributed by atoms with Gasteiger partial charge in [0.1, 0.15) is 11.5 Å². The molecule has 0 bridgehead atoms. The van der Waals surface area contributed by atoms with Crippen molar-refractivity contribution in [1.29, 1.82) is 0 Å². The predicted octanol–water partition coefficient (Wildman–Crippen LogP) is 3.91. The summed E-state index contributed by atoms with van der Waals surface area (Å²) in [5.74, 6) is 1.28. The fourth-order valence-corrected chi connectivity index (χ4v) is 2.53. The Kier molecular flexibility index (Phi) is 7.33. The average Bonchev–Trinajstić information content (AvgIpc) is 2.64. The molecule has 1 N–H and O–H groups in total. The van der Waals surface area contributed by atoms with Crippen molar-refractivity contribution in [2.45, 2.75) is 39.2 Å². The van der Waals surface area contributed by atoms with Gasteiger partial charge in [0, 0.05) is 12.6 Å². The van der Waals surface area contributed by atoms with Crippen LogP contribution in [0.5, 0.6) is 11.5 Å². The highest BCUT2D eigenvalue weighted by molar-refractivity contribution is 5.81. The molecule has 0 spiro atoms. The Morgan fingerprint density at radius 1 is 1.12 bits per heavy atom. The third kappa shape index (κ3) is 6.14. The van der Waals surface area contributed by atoms with E-state index in [0.717, 1.165) is 12.8 Å². The highest BCUT2D eigenvalue weighted by atomic mass is 16.5. The van der Waals surface area contributed by atoms with Crippen LogP contribution in [-0.4, -0.2) is 25.7 Å². The van der Waals surface area contributed by atoms with Crippen molar-refractivity contribution < 1.29 is 14.3 Å². The largest absolute Gasteiger partial charge is 0.497 e. The lowest BCUT2D eigenvalue weighted by Gasteiger charge is -2.17. The molecule has 0 saturated heterocycles. The van der Waals surface area contributed by atoms with E-state index < -0.39 is 6.10 Å². The molecule has 134 valence electrons. The molecule has 1 unspecified atom stereocenters. The fraction of sp³-hybridized carbons (Fsp3) is 0.381. The summed E-state index contributed by atoms with van der Waals surface area (Å²) in [6, 6.07) is 15.8. The molecule has 0 aliphatic heterocycles. The van der Waals surface area contributed by atoms with E-state index in [4.69, 9.17) is 9.47 Å². The van der Waals surface area contributed by atoms with Crippen LogP contribution in [0.3, 0.4) is 0 Å². The van der Waals surface area contributed by atoms with E-state index in [1.54, 1.807) is 13.2 Å². The summed E-state index contributed by atoms with van der Waals surface area (Å²) in [6.07, 6.45) is 1.98. The Morgan fingerprint density at radius 3 is 2.52 bits per heavy atom. The number of carbonyl (C=O) groups excluding carboxylic acids is 1. The van der Waals surface area contributed by atoms with Crippen molar-refractivity contribution in [1.82, 2.24) is 5.32 Å². The minimum absolute atomic E-state index is 0.0748. The molecule has 4 nitrogen and oxygen atoms in total. The minimum Gasteiger partial charge on any atom is -0.497 e. The maximum absolute atomic E-state index is 12.3. The molecule has 1 atom stereocenters. The van der Waals surface area contributed by atoms with Crippen LogP contribution in [-0.2, 0) is 11.2 Å². The van der Waals surface area contributed by atoms with Crippen LogP contribution in [0.1, 0.15) is 30.9 Å². The second-order valence-corrected chi connectivity index (χ2v) is 6.07. The molecule has 0 saturated carbocycles. The number of hydrogen-bond donors (Lipinski definition) is 1. The van der Waals surface area contributed by atoms with Crippen molar-refractivity contribution in [3.8, 4) is 11.5 Å². The summed E-state index contributed by atoms with van der Waals surface area (Å²) in [7, 11) is 1.61. The number of ether oxygens (including phenoxy) is 2. The number of carbonyl (C=O) groups is 1. The Balaban J connectivity index is 1.78. The highest BCUT2D eigenvalue weighted by Crippen LogP contribution is 2.20. The van der Waals surface area contributed by atoms with Gasteiger partial charge in [0.2, 0.25) is 0 Å². The van der Waals surface area contributed by atoms with Gasteiger partial charge in [-0.15, -0.1) is 0 Å². The van der Waals surface area contributed by atoms with Crippen LogP contribution in [0, 0.1) is 6.92 Å². The van der Waals surface area contributed by atoms with Crippen LogP contribution >= 0.6 is 0 Å². The molecule has 1 amide bonds. The Morgan fingerprint density at radius 2 is 1.84 bits per heavy atom. The van der Waals surface area contributed by atoms with E-state index in [1.165, 1.54) is 11.1 Å². The van der Waals surface area contributed by atoms with Gasteiger partial charge in [-0.05, 0) is 43.9 Å². The summed E-state index contributed by atoms with van der Waals surface area (Å²) in [4.78, 5) is 12.3. The molecule has 0 aliphatic carbocycles. The highest BCUT2D eigenvalue weighted by Gasteiger charge is 2.18. The quantitative estimate of drug-likeness (QED) is 0.704. The standard InChI is InChI=1S/C21H27NO3/c1-4-20(25-19-9-5-8-18(15-19)24-3)21(23)22-14-6-7-17-12-10-16(2)11-13-17/h5,8-13,15,20H,4,6-7,14H2,1-3H3,(H,22,23). The lowest BCUT2D eigenvalue weighted by Crippen LogP contribution is -2.38. The van der Waals surface area contributed by atoms with Crippen molar-refractivity contribution in [3.05, 3.63) is 59.7 Å². The second kappa shape index (κ2) is 9.72. The SMILES string of the molecule is CCC(Oc1cccc(OC)c1)C(=O)NCCCc1ccc(C)cc1. The number of benzene rings is 2. The van der Waals surface area contributed by atoms with Crippen LogP contribution < -0.4 is 14.8 Å². The minimum atomic E-state index is -0.494. The van der Waals surface area contributed by atoms with Gasteiger partial charge in [-0.2, -0.15) is 0 Å². The van der Waals surface area contributed by atoms with E-state index in [1.807, 2.05) is 25.1 Å². The lowest BCUT2D eigenvalue weighted by molar-refractivity contribution is -0.128. The third-order valence-corrected chi connectivity index (χ3v) is 4.04. The Hall–Kier alpha value is -2.49. The molecule has 4 heteroatoms. The van der Waals surface area contributed by atoms with Crippen molar-refractivity contribution in [3.63, 3.8) is 0 Å². The zero-order valence-electron chi connectivity index (χ0n) is 15.2. The number of amides is 1. The average molecular weight is 341 g/mol. The number of hydrogen-bond acceptors (Lipinski definition) is 3. The summed E-state index contributed by atoms with van der Waals surface area (Å²) >= 11 is 0. The summed E-state index contributed by atoms with van der Waals surface area (Å²) in [5.41, 5.74) is 2.55. The van der Waals surface area contributed by atoms with Crippen molar-refractivity contribution in [2.24, 2.45) is 0 Å². The van der Waals surface area contributed by atoms with E-state index in [-0.39, 0.29) is 5.91 Å². The van der Waals surface area contributed by atoms with Crippen molar-refractivity contribution in [2.75, 3.05) is 13.7 Å². The number of aryl methyl sites for hydroxylation is 2. The number of rotatable bonds is 9. The van der Waals surface area contributed by atoms with Crippen LogP contribution in [0.4, 0.5) is 0 Å². The van der Waals surface area contributed by atoms with Gasteiger partial charge in [0.05, 0.1) is 7.11 Å². The maximum atomic E-state index is 12.3. The van der Waals surface area contributed by atoms with E-state index >= 15 is 0 Å². The van der Waals surface area contributed by atoms with Gasteiger partial charge in [0.25, 0.3) is 5.91 Å². The fourth-order valence-electron chi connectivity index (χ4n) is 2.53. The molecular formula is C21H27NO3. The first-order valence-corrected chi connectivity index (χ1v) is 8.76. The van der Waals surface area contributed by atoms with Crippen molar-refractivity contribution >= 4 is 5.91 Å². The van der Waals surface area contributed by atoms with Gasteiger partial charge in [-0.25, -0.2) is 0 Å². The van der Waals surface area contributed by atoms with Gasteiger partial charge >= 0.3 is 0 Å². The summed E-state index contributed by atoms with van der Waals surface area (Å²) in [5, 5.41) is 2.97. The first-order chi connectivity index (χ1) is 12.1. The molecule has 0 aliphatic rings. The van der Waals surface area contributed by atoms with Gasteiger partial charge in [-0.3, -0.25) is 4.79 Å². The van der Waals surface area contributed by atoms with Gasteiger partial charge in [0.15, 0.2) is 6.10 Å². The van der Waals surface area contributed by atoms with Crippen LogP contribution in [0.15, 0.2) is 48.5 Å². The van der Waals surface area contributed by atoms with Gasteiger partial charge < -0.3 is 14.8 Å². The topological polar surface area (TPSA) is 47.6 Å². The van der Waals surface area contributed by atoms with E-state index in [0.29, 0.717) is 24.5 Å². The van der Waals surface area contributed by atoms with Gasteiger partial charge in [-0.1, -0.05) is 42.8 Å². The molecule has 2 rings (SSSR count). The molecule has 2 aromatic rings.